The first-order valence-corrected chi connectivity index (χ1v) is 20.1. The molecule has 19 nitrogen and oxygen atoms in total. The van der Waals surface area contributed by atoms with Crippen LogP contribution in [0.15, 0.2) is 25.2 Å². The van der Waals surface area contributed by atoms with Crippen molar-refractivity contribution in [3.8, 4) is 5.88 Å². The van der Waals surface area contributed by atoms with Crippen LogP contribution in [0.25, 0.3) is 22.2 Å². The lowest BCUT2D eigenvalue weighted by atomic mass is 10.1. The second-order valence-corrected chi connectivity index (χ2v) is 17.2. The molecule has 8 heterocycles. The number of aromatic nitrogens is 7. The van der Waals surface area contributed by atoms with Crippen molar-refractivity contribution in [1.82, 2.24) is 34.1 Å². The van der Waals surface area contributed by atoms with Crippen molar-refractivity contribution in [3.05, 3.63) is 30.7 Å². The van der Waals surface area contributed by atoms with Gasteiger partial charge in [-0.3, -0.25) is 13.6 Å². The van der Waals surface area contributed by atoms with E-state index in [1.807, 2.05) is 6.20 Å². The highest BCUT2D eigenvalue weighted by atomic mass is 32.5. The molecule has 258 valence electrons. The second kappa shape index (κ2) is 12.5. The number of aryl methyl sites for hydroxylation is 1. The van der Waals surface area contributed by atoms with Gasteiger partial charge in [0.05, 0.1) is 31.5 Å². The van der Waals surface area contributed by atoms with Gasteiger partial charge in [0.1, 0.15) is 60.4 Å². The van der Waals surface area contributed by atoms with Crippen LogP contribution in [0.3, 0.4) is 0 Å². The number of imidazole rings is 1. The number of ether oxygens (including phenoxy) is 3. The van der Waals surface area contributed by atoms with Gasteiger partial charge >= 0.3 is 13.4 Å². The van der Waals surface area contributed by atoms with Crippen molar-refractivity contribution in [1.29, 1.82) is 0 Å². The third-order valence-electron chi connectivity index (χ3n) is 8.60. The molecular formula is C25H30N8O11P2S2. The van der Waals surface area contributed by atoms with Crippen LogP contribution in [-0.4, -0.2) is 110 Å². The molecule has 48 heavy (non-hydrogen) atoms. The summed E-state index contributed by atoms with van der Waals surface area (Å²) in [4.78, 5) is 43.5. The summed E-state index contributed by atoms with van der Waals surface area (Å²) >= 11 is 10.7. The van der Waals surface area contributed by atoms with Gasteiger partial charge in [0.15, 0.2) is 23.9 Å². The molecule has 2 unspecified atom stereocenters. The summed E-state index contributed by atoms with van der Waals surface area (Å²) in [6.07, 6.45) is -1.89. The van der Waals surface area contributed by atoms with Gasteiger partial charge in [0.25, 0.3) is 0 Å². The highest BCUT2D eigenvalue weighted by molar-refractivity contribution is 8.07. The molecule has 4 aliphatic rings. The summed E-state index contributed by atoms with van der Waals surface area (Å²) in [6.45, 7) is -8.72. The Morgan fingerprint density at radius 1 is 0.812 bits per heavy atom. The fourth-order valence-electron chi connectivity index (χ4n) is 6.38. The highest BCUT2D eigenvalue weighted by Crippen LogP contribution is 2.54. The van der Waals surface area contributed by atoms with Gasteiger partial charge in [0, 0.05) is 6.20 Å². The topological polar surface area (TPSA) is 246 Å². The Balaban J connectivity index is 1.11. The average molecular weight is 745 g/mol. The van der Waals surface area contributed by atoms with Crippen LogP contribution in [0.5, 0.6) is 5.88 Å². The molecule has 3 fully saturated rings. The monoisotopic (exact) mass is 744 g/mol. The van der Waals surface area contributed by atoms with Crippen molar-refractivity contribution in [3.63, 3.8) is 0 Å². The molecule has 3 saturated heterocycles. The number of nitrogens with zero attached hydrogens (tertiary/aromatic N) is 7. The number of hydrogen-bond donors (Lipinski definition) is 5. The maximum absolute atomic E-state index is 11.6. The van der Waals surface area contributed by atoms with Gasteiger partial charge in [-0.05, 0) is 48.4 Å². The first-order chi connectivity index (χ1) is 23.0. The fraction of sp³-hybridized carbons (Fsp3) is 0.560. The largest absolute Gasteiger partial charge is 0.477 e. The zero-order chi connectivity index (χ0) is 33.4. The van der Waals surface area contributed by atoms with E-state index in [4.69, 9.17) is 61.7 Å². The lowest BCUT2D eigenvalue weighted by Crippen LogP contribution is -2.36. The van der Waals surface area contributed by atoms with E-state index in [9.17, 15) is 20.0 Å². The van der Waals surface area contributed by atoms with Crippen LogP contribution < -0.4 is 10.5 Å². The van der Waals surface area contributed by atoms with Gasteiger partial charge in [-0.15, -0.1) is 0 Å². The van der Waals surface area contributed by atoms with Crippen LogP contribution in [0.2, 0.25) is 0 Å². The number of nitrogen functional groups attached to an aromatic ring is 1. The van der Waals surface area contributed by atoms with Gasteiger partial charge < -0.3 is 53.6 Å². The number of hydrogen-bond acceptors (Lipinski definition) is 17. The van der Waals surface area contributed by atoms with Crippen molar-refractivity contribution in [2.24, 2.45) is 0 Å². The van der Waals surface area contributed by atoms with E-state index in [1.54, 1.807) is 4.57 Å². The van der Waals surface area contributed by atoms with Crippen LogP contribution in [-0.2, 0) is 57.6 Å². The Hall–Kier alpha value is -2.33. The number of anilines is 1. The van der Waals surface area contributed by atoms with Crippen LogP contribution in [0, 0.1) is 0 Å². The molecule has 4 aromatic heterocycles. The fourth-order valence-corrected chi connectivity index (χ4v) is 9.24. The van der Waals surface area contributed by atoms with E-state index in [-0.39, 0.29) is 17.0 Å². The molecule has 4 aliphatic heterocycles. The minimum atomic E-state index is -4.16. The van der Waals surface area contributed by atoms with Gasteiger partial charge in [-0.2, -0.15) is 0 Å². The first-order valence-electron chi connectivity index (χ1n) is 14.9. The van der Waals surface area contributed by atoms with Crippen molar-refractivity contribution < 1.29 is 52.3 Å². The van der Waals surface area contributed by atoms with E-state index < -0.39 is 75.7 Å². The molecule has 0 radical (unpaired) electrons. The molecule has 0 amide bonds. The van der Waals surface area contributed by atoms with Gasteiger partial charge in [-0.1, -0.05) is 0 Å². The predicted octanol–water partition coefficient (Wildman–Crippen LogP) is 0.336. The quantitative estimate of drug-likeness (QED) is 0.174. The number of aliphatic hydroxyl groups is 2. The molecule has 0 spiro atoms. The highest BCUT2D eigenvalue weighted by Gasteiger charge is 2.52. The number of rotatable bonds is 2. The summed E-state index contributed by atoms with van der Waals surface area (Å²) in [5.74, 6) is 0.540. The summed E-state index contributed by atoms with van der Waals surface area (Å²) in [6, 6.07) is 0. The maximum atomic E-state index is 11.6. The van der Waals surface area contributed by atoms with Crippen LogP contribution in [0.1, 0.15) is 30.9 Å². The zero-order valence-corrected chi connectivity index (χ0v) is 28.2. The Labute approximate surface area is 281 Å². The molecule has 23 heteroatoms. The summed E-state index contributed by atoms with van der Waals surface area (Å²) < 4.78 is 44.3. The van der Waals surface area contributed by atoms with Crippen LogP contribution in [0.4, 0.5) is 5.82 Å². The second-order valence-electron chi connectivity index (χ2n) is 11.6. The standard InChI is InChI=1S/C25H30N8O11P2S2/c26-20-15-22(29-8-27-20)33(10-31-15)25-19-16(34)12(41-25)6-39-45(36,47)43-18-13(7-40-46(37,48)44-19)42-24(17(18)35)32-5-11-3-1-2-4-38-23-14(11)21(32)28-9-30-23/h5,8-10,12-13,16-19,24-25,34-35H,1-4,6-7H2,(H,36,47)(H,37,48)(H2,26,27,29)/t12-,13-,16-,17-,18-,19-,24-,25-,45?,46?/m1/s1. The third-order valence-corrected chi connectivity index (χ3v) is 11.7. The maximum Gasteiger partial charge on any atom is 0.325 e. The average Bonchev–Trinajstić information content (AvgIpc) is 3.78. The SMILES string of the molecule is Nc1ncnc2c1ncn2[C@@H]1O[C@@H]2COP(O)(=S)O[C@H]3[C@@H](O)[C@H](n4cc5c6c(ncnc64)OCCCC5)O[C@@H]3COP(O)(=S)O[C@@H]1[C@@H]2O. The molecule has 0 aromatic carbocycles. The molecule has 4 aromatic rings. The van der Waals surface area contributed by atoms with E-state index in [0.717, 1.165) is 24.8 Å². The zero-order valence-electron chi connectivity index (χ0n) is 24.7. The van der Waals surface area contributed by atoms with Crippen LogP contribution >= 0.6 is 13.4 Å². The van der Waals surface area contributed by atoms with Gasteiger partial charge in [0.2, 0.25) is 5.88 Å². The predicted molar refractivity (Wildman–Crippen MR) is 170 cm³/mol. The Bertz CT molecular complexity index is 1970. The Kier molecular flexibility index (Phi) is 8.53. The normalized spacial score (nSPS) is 37.6. The first kappa shape index (κ1) is 32.9. The molecule has 2 bridgehead atoms. The Morgan fingerprint density at radius 2 is 1.52 bits per heavy atom. The minimum Gasteiger partial charge on any atom is -0.477 e. The lowest BCUT2D eigenvalue weighted by molar-refractivity contribution is -0.0606. The summed E-state index contributed by atoms with van der Waals surface area (Å²) in [7, 11) is 0. The summed E-state index contributed by atoms with van der Waals surface area (Å²) in [5, 5.41) is 23.5. The van der Waals surface area contributed by atoms with E-state index >= 15 is 0 Å². The van der Waals surface area contributed by atoms with Crippen molar-refractivity contribution >= 4 is 65.1 Å². The Morgan fingerprint density at radius 3 is 2.33 bits per heavy atom. The van der Waals surface area contributed by atoms with Gasteiger partial charge in [-0.25, -0.2) is 24.9 Å². The number of nitrogens with two attached hydrogens (primary N) is 1. The van der Waals surface area contributed by atoms with E-state index in [2.05, 4.69) is 24.9 Å². The molecule has 10 atom stereocenters. The minimum absolute atomic E-state index is 0.112. The van der Waals surface area contributed by atoms with Crippen molar-refractivity contribution in [2.45, 2.75) is 68.3 Å². The molecule has 0 saturated carbocycles. The molecule has 8 rings (SSSR count). The molecule has 0 aliphatic carbocycles. The third kappa shape index (κ3) is 5.84. The van der Waals surface area contributed by atoms with E-state index in [0.29, 0.717) is 23.5 Å². The summed E-state index contributed by atoms with van der Waals surface area (Å²) in [5.41, 5.74) is 7.83. The van der Waals surface area contributed by atoms with E-state index in [1.165, 1.54) is 23.5 Å². The number of fused-ring (bicyclic) bond motifs is 4. The molecule has 6 N–H and O–H groups in total. The smallest absolute Gasteiger partial charge is 0.325 e. The number of aliphatic hydroxyl groups excluding tert-OH is 2. The lowest BCUT2D eigenvalue weighted by Gasteiger charge is -2.28. The molecular weight excluding hydrogens is 714 g/mol. The van der Waals surface area contributed by atoms with Crippen molar-refractivity contribution in [2.75, 3.05) is 25.6 Å².